The number of aromatic nitrogens is 4. The van der Waals surface area contributed by atoms with Crippen LogP contribution in [0.25, 0.3) is 5.82 Å². The highest BCUT2D eigenvalue weighted by atomic mass is 79.9. The van der Waals surface area contributed by atoms with E-state index in [0.717, 1.165) is 0 Å². The zero-order valence-corrected chi connectivity index (χ0v) is 9.75. The first-order valence-electron chi connectivity index (χ1n) is 4.47. The van der Waals surface area contributed by atoms with Crippen molar-refractivity contribution in [1.82, 2.24) is 19.7 Å². The Balaban J connectivity index is 2.35. The number of nitrogens with zero attached hydrogens (tertiary/aromatic N) is 4. The number of hydrogen-bond donors (Lipinski definition) is 1. The molecule has 7 heteroatoms. The highest BCUT2D eigenvalue weighted by Gasteiger charge is 2.08. The van der Waals surface area contributed by atoms with Gasteiger partial charge in [0.1, 0.15) is 12.7 Å². The molecular weight excluding hydrogens is 274 g/mol. The third kappa shape index (κ3) is 2.25. The van der Waals surface area contributed by atoms with Crippen molar-refractivity contribution in [1.29, 1.82) is 0 Å². The maximum atomic E-state index is 11.3. The van der Waals surface area contributed by atoms with Gasteiger partial charge in [0.05, 0.1) is 11.0 Å². The predicted octanol–water partition coefficient (Wildman–Crippen LogP) is 0.996. The molecule has 0 fully saturated rings. The number of hydrogen-bond acceptors (Lipinski definition) is 4. The van der Waals surface area contributed by atoms with E-state index in [1.54, 1.807) is 18.3 Å². The first-order valence-corrected chi connectivity index (χ1v) is 5.59. The number of halogens is 1. The molecular formula is C9H8BrN5O. The Hall–Kier alpha value is -1.76. The zero-order valence-electron chi connectivity index (χ0n) is 8.17. The molecule has 6 nitrogen and oxygen atoms in total. The first kappa shape index (κ1) is 10.7. The molecule has 0 atom stereocenters. The van der Waals surface area contributed by atoms with E-state index in [2.05, 4.69) is 36.3 Å². The Morgan fingerprint density at radius 1 is 1.56 bits per heavy atom. The third-order valence-electron chi connectivity index (χ3n) is 1.82. The molecule has 0 aliphatic heterocycles. The smallest absolute Gasteiger partial charge is 0.235 e. The van der Waals surface area contributed by atoms with E-state index in [1.165, 1.54) is 17.3 Å². The number of nitrogens with one attached hydrogen (secondary N) is 1. The normalized spacial score (nSPS) is 10.1. The number of amides is 1. The SMILES string of the molecule is O=C(CBr)Nc1cccnc1-n1cncn1. The molecule has 2 aromatic rings. The van der Waals surface area contributed by atoms with Gasteiger partial charge in [-0.1, -0.05) is 15.9 Å². The molecule has 0 radical (unpaired) electrons. The van der Waals surface area contributed by atoms with Gasteiger partial charge in [-0.3, -0.25) is 4.79 Å². The van der Waals surface area contributed by atoms with Crippen molar-refractivity contribution < 1.29 is 4.79 Å². The Bertz CT molecular complexity index is 484. The molecule has 2 heterocycles. The van der Waals surface area contributed by atoms with Crippen molar-refractivity contribution in [3.63, 3.8) is 0 Å². The minimum atomic E-state index is -0.144. The minimum Gasteiger partial charge on any atom is -0.322 e. The van der Waals surface area contributed by atoms with Gasteiger partial charge in [0, 0.05) is 6.20 Å². The van der Waals surface area contributed by atoms with E-state index in [0.29, 0.717) is 11.5 Å². The van der Waals surface area contributed by atoms with Crippen LogP contribution in [0.15, 0.2) is 31.0 Å². The Labute approximate surface area is 99.8 Å². The summed E-state index contributed by atoms with van der Waals surface area (Å²) in [7, 11) is 0. The highest BCUT2D eigenvalue weighted by Crippen LogP contribution is 2.15. The van der Waals surface area contributed by atoms with Gasteiger partial charge < -0.3 is 5.32 Å². The number of rotatable bonds is 3. The van der Waals surface area contributed by atoms with Gasteiger partial charge in [0.2, 0.25) is 5.91 Å². The molecule has 1 N–H and O–H groups in total. The minimum absolute atomic E-state index is 0.144. The van der Waals surface area contributed by atoms with Crippen LogP contribution in [0.5, 0.6) is 0 Å². The lowest BCUT2D eigenvalue weighted by Crippen LogP contribution is -2.15. The number of carbonyl (C=O) groups excluding carboxylic acids is 1. The Morgan fingerprint density at radius 2 is 2.44 bits per heavy atom. The first-order chi connectivity index (χ1) is 7.81. The fraction of sp³-hybridized carbons (Fsp3) is 0.111. The van der Waals surface area contributed by atoms with Gasteiger partial charge in [-0.05, 0) is 12.1 Å². The van der Waals surface area contributed by atoms with Crippen LogP contribution in [-0.2, 0) is 4.79 Å². The maximum Gasteiger partial charge on any atom is 0.235 e. The summed E-state index contributed by atoms with van der Waals surface area (Å²) in [5.74, 6) is 0.392. The average molecular weight is 282 g/mol. The summed E-state index contributed by atoms with van der Waals surface area (Å²) in [6.45, 7) is 0. The monoisotopic (exact) mass is 281 g/mol. The zero-order chi connectivity index (χ0) is 11.4. The molecule has 82 valence electrons. The molecule has 0 aromatic carbocycles. The summed E-state index contributed by atoms with van der Waals surface area (Å²) in [6.07, 6.45) is 4.55. The summed E-state index contributed by atoms with van der Waals surface area (Å²) in [6, 6.07) is 3.49. The molecule has 16 heavy (non-hydrogen) atoms. The van der Waals surface area contributed by atoms with Crippen molar-refractivity contribution >= 4 is 27.5 Å². The van der Waals surface area contributed by atoms with Crippen molar-refractivity contribution in [3.8, 4) is 5.82 Å². The maximum absolute atomic E-state index is 11.3. The van der Waals surface area contributed by atoms with Crippen molar-refractivity contribution in [2.75, 3.05) is 10.6 Å². The predicted molar refractivity (Wildman–Crippen MR) is 61.6 cm³/mol. The van der Waals surface area contributed by atoms with Crippen LogP contribution < -0.4 is 5.32 Å². The summed E-state index contributed by atoms with van der Waals surface area (Å²) in [4.78, 5) is 19.2. The van der Waals surface area contributed by atoms with E-state index in [4.69, 9.17) is 0 Å². The number of pyridine rings is 1. The van der Waals surface area contributed by atoms with E-state index in [9.17, 15) is 4.79 Å². The van der Waals surface area contributed by atoms with Gasteiger partial charge in [-0.15, -0.1) is 0 Å². The van der Waals surface area contributed by atoms with E-state index in [1.807, 2.05) is 0 Å². The average Bonchev–Trinajstić information content (AvgIpc) is 2.83. The molecule has 1 amide bonds. The standard InChI is InChI=1S/C9H8BrN5O/c10-4-8(16)14-7-2-1-3-12-9(7)15-6-11-5-13-15/h1-3,5-6H,4H2,(H,14,16). The lowest BCUT2D eigenvalue weighted by Gasteiger charge is -2.07. The third-order valence-corrected chi connectivity index (χ3v) is 2.33. The fourth-order valence-corrected chi connectivity index (χ4v) is 1.32. The summed E-state index contributed by atoms with van der Waals surface area (Å²) in [5, 5.41) is 6.91. The number of anilines is 1. The van der Waals surface area contributed by atoms with E-state index in [-0.39, 0.29) is 11.2 Å². The molecule has 2 aromatic heterocycles. The van der Waals surface area contributed by atoms with Gasteiger partial charge in [0.25, 0.3) is 0 Å². The van der Waals surface area contributed by atoms with Crippen LogP contribution in [0.1, 0.15) is 0 Å². The van der Waals surface area contributed by atoms with Crippen LogP contribution in [-0.4, -0.2) is 31.0 Å². The topological polar surface area (TPSA) is 72.7 Å². The molecule has 0 saturated carbocycles. The van der Waals surface area contributed by atoms with Crippen LogP contribution in [0.4, 0.5) is 5.69 Å². The van der Waals surface area contributed by atoms with Crippen LogP contribution in [0, 0.1) is 0 Å². The van der Waals surface area contributed by atoms with Gasteiger partial charge >= 0.3 is 0 Å². The molecule has 0 spiro atoms. The summed E-state index contributed by atoms with van der Waals surface area (Å²) >= 11 is 3.08. The number of carbonyl (C=O) groups is 1. The van der Waals surface area contributed by atoms with Gasteiger partial charge in [-0.2, -0.15) is 5.10 Å². The molecule has 0 aliphatic rings. The Kier molecular flexibility index (Phi) is 3.25. The van der Waals surface area contributed by atoms with Crippen LogP contribution in [0.3, 0.4) is 0 Å². The Morgan fingerprint density at radius 3 is 3.12 bits per heavy atom. The van der Waals surface area contributed by atoms with Gasteiger partial charge in [0.15, 0.2) is 5.82 Å². The van der Waals surface area contributed by atoms with Gasteiger partial charge in [-0.25, -0.2) is 14.6 Å². The fourth-order valence-electron chi connectivity index (χ4n) is 1.18. The van der Waals surface area contributed by atoms with E-state index >= 15 is 0 Å². The largest absolute Gasteiger partial charge is 0.322 e. The van der Waals surface area contributed by atoms with Crippen molar-refractivity contribution in [2.45, 2.75) is 0 Å². The quantitative estimate of drug-likeness (QED) is 0.852. The molecule has 0 unspecified atom stereocenters. The lowest BCUT2D eigenvalue weighted by atomic mass is 10.4. The molecule has 0 saturated heterocycles. The summed E-state index contributed by atoms with van der Waals surface area (Å²) in [5.41, 5.74) is 0.595. The van der Waals surface area contributed by atoms with Crippen LogP contribution >= 0.6 is 15.9 Å². The van der Waals surface area contributed by atoms with Crippen LogP contribution in [0.2, 0.25) is 0 Å². The second kappa shape index (κ2) is 4.84. The molecule has 0 bridgehead atoms. The highest BCUT2D eigenvalue weighted by molar-refractivity contribution is 9.09. The van der Waals surface area contributed by atoms with Crippen molar-refractivity contribution in [3.05, 3.63) is 31.0 Å². The van der Waals surface area contributed by atoms with E-state index < -0.39 is 0 Å². The second-order valence-electron chi connectivity index (χ2n) is 2.90. The van der Waals surface area contributed by atoms with Crippen molar-refractivity contribution in [2.24, 2.45) is 0 Å². The summed E-state index contributed by atoms with van der Waals surface area (Å²) < 4.78 is 1.49. The molecule has 2 rings (SSSR count). The molecule has 0 aliphatic carbocycles. The lowest BCUT2D eigenvalue weighted by molar-refractivity contribution is -0.113. The second-order valence-corrected chi connectivity index (χ2v) is 3.46. The number of alkyl halides is 1.